The van der Waals surface area contributed by atoms with Crippen LogP contribution in [-0.4, -0.2) is 41.0 Å². The average molecular weight is 596 g/mol. The highest BCUT2D eigenvalue weighted by atomic mass is 32.1. The van der Waals surface area contributed by atoms with Gasteiger partial charge in [0.05, 0.1) is 29.4 Å². The lowest BCUT2D eigenvalue weighted by Crippen LogP contribution is -2.56. The molecular weight excluding hydrogens is 563 g/mol. The van der Waals surface area contributed by atoms with Gasteiger partial charge in [0.2, 0.25) is 0 Å². The number of ether oxygens (including phenoxy) is 2. The number of nitrogens with zero attached hydrogens (tertiary/aromatic N) is 2. The maximum atomic E-state index is 13.5. The zero-order chi connectivity index (χ0) is 29.3. The maximum Gasteiger partial charge on any atom is 0.418 e. The van der Waals surface area contributed by atoms with E-state index in [1.165, 1.54) is 17.4 Å². The predicted molar refractivity (Wildman–Crippen MR) is 156 cm³/mol. The largest absolute Gasteiger partial charge is 0.493 e. The van der Waals surface area contributed by atoms with Crippen LogP contribution in [0, 0.1) is 0 Å². The first-order chi connectivity index (χ1) is 20.3. The first-order valence-electron chi connectivity index (χ1n) is 14.2. The minimum absolute atomic E-state index is 0.0104. The molecule has 220 valence electrons. The van der Waals surface area contributed by atoms with Crippen LogP contribution < -0.4 is 14.8 Å². The van der Waals surface area contributed by atoms with E-state index in [-0.39, 0.29) is 29.5 Å². The van der Waals surface area contributed by atoms with Gasteiger partial charge in [-0.3, -0.25) is 9.69 Å². The Hall–Kier alpha value is -3.63. The Morgan fingerprint density at radius 3 is 2.50 bits per heavy atom. The van der Waals surface area contributed by atoms with E-state index in [1.54, 1.807) is 31.4 Å². The minimum atomic E-state index is -4.43. The van der Waals surface area contributed by atoms with Crippen LogP contribution in [0.25, 0.3) is 10.2 Å². The molecule has 1 N–H and O–H groups in total. The van der Waals surface area contributed by atoms with E-state index in [9.17, 15) is 18.0 Å². The summed E-state index contributed by atoms with van der Waals surface area (Å²) >= 11 is 1.33. The number of carbonyl (C=O) groups excluding carboxylic acids is 1. The Balaban J connectivity index is 1.10. The lowest BCUT2D eigenvalue weighted by atomic mass is 9.81. The number of hydrogen-bond acceptors (Lipinski definition) is 6. The Kier molecular flexibility index (Phi) is 8.09. The van der Waals surface area contributed by atoms with Crippen molar-refractivity contribution < 1.29 is 27.4 Å². The molecule has 0 radical (unpaired) electrons. The Bertz CT molecular complexity index is 1550. The van der Waals surface area contributed by atoms with E-state index >= 15 is 0 Å². The molecule has 3 aromatic carbocycles. The van der Waals surface area contributed by atoms with Gasteiger partial charge in [-0.05, 0) is 61.6 Å². The summed E-state index contributed by atoms with van der Waals surface area (Å²) in [6, 6.07) is 19.8. The van der Waals surface area contributed by atoms with E-state index in [4.69, 9.17) is 9.47 Å². The highest BCUT2D eigenvalue weighted by molar-refractivity contribution is 7.18. The molecule has 2 atom stereocenters. The number of para-hydroxylation sites is 1. The third-order valence-corrected chi connectivity index (χ3v) is 9.22. The summed E-state index contributed by atoms with van der Waals surface area (Å²) in [5.41, 5.74) is 0.884. The number of piperidine rings is 2. The maximum absolute atomic E-state index is 13.5. The predicted octanol–water partition coefficient (Wildman–Crippen LogP) is 7.22. The van der Waals surface area contributed by atoms with E-state index in [1.807, 2.05) is 30.3 Å². The van der Waals surface area contributed by atoms with Gasteiger partial charge in [-0.25, -0.2) is 4.98 Å². The summed E-state index contributed by atoms with van der Waals surface area (Å²) in [7, 11) is 1.55. The molecule has 2 unspecified atom stereocenters. The Morgan fingerprint density at radius 2 is 1.79 bits per heavy atom. The minimum Gasteiger partial charge on any atom is -0.493 e. The fourth-order valence-corrected chi connectivity index (χ4v) is 7.24. The number of fused-ring (bicyclic) bond motifs is 3. The van der Waals surface area contributed by atoms with Crippen molar-refractivity contribution in [1.82, 2.24) is 15.2 Å². The topological polar surface area (TPSA) is 63.7 Å². The van der Waals surface area contributed by atoms with Gasteiger partial charge in [0.25, 0.3) is 5.91 Å². The van der Waals surface area contributed by atoms with Crippen LogP contribution in [0.3, 0.4) is 0 Å². The molecule has 0 spiro atoms. The fourth-order valence-electron chi connectivity index (χ4n) is 6.23. The van der Waals surface area contributed by atoms with Crippen LogP contribution >= 0.6 is 11.3 Å². The van der Waals surface area contributed by atoms with Crippen LogP contribution in [0.15, 0.2) is 66.7 Å². The molecule has 10 heteroatoms. The van der Waals surface area contributed by atoms with Gasteiger partial charge in [-0.1, -0.05) is 42.8 Å². The number of hydrogen-bond donors (Lipinski definition) is 1. The molecule has 42 heavy (non-hydrogen) atoms. The molecule has 2 bridgehead atoms. The van der Waals surface area contributed by atoms with E-state index in [0.29, 0.717) is 39.9 Å². The summed E-state index contributed by atoms with van der Waals surface area (Å²) < 4.78 is 52.5. The second-order valence-electron chi connectivity index (χ2n) is 11.0. The molecular formula is C32H32F3N3O3S. The third-order valence-electron chi connectivity index (χ3n) is 8.21. The molecule has 0 saturated carbocycles. The molecule has 2 aliphatic heterocycles. The van der Waals surface area contributed by atoms with Gasteiger partial charge in [-0.15, -0.1) is 11.3 Å². The van der Waals surface area contributed by atoms with Crippen LogP contribution in [0.5, 0.6) is 11.5 Å². The zero-order valence-electron chi connectivity index (χ0n) is 23.2. The number of alkyl halides is 3. The van der Waals surface area contributed by atoms with Gasteiger partial charge in [0.15, 0.2) is 11.5 Å². The smallest absolute Gasteiger partial charge is 0.418 e. The molecule has 3 heterocycles. The molecule has 1 amide bonds. The first kappa shape index (κ1) is 28.5. The van der Waals surface area contributed by atoms with E-state index < -0.39 is 11.7 Å². The van der Waals surface area contributed by atoms with Gasteiger partial charge < -0.3 is 14.8 Å². The van der Waals surface area contributed by atoms with Crippen LogP contribution in [0.4, 0.5) is 13.2 Å². The summed E-state index contributed by atoms with van der Waals surface area (Å²) in [6.07, 6.45) is 0.224. The van der Waals surface area contributed by atoms with Crippen molar-refractivity contribution in [2.45, 2.75) is 69.6 Å². The van der Waals surface area contributed by atoms with Crippen LogP contribution in [-0.2, 0) is 19.3 Å². The van der Waals surface area contributed by atoms with Crippen molar-refractivity contribution in [3.63, 3.8) is 0 Å². The monoisotopic (exact) mass is 595 g/mol. The quantitative estimate of drug-likeness (QED) is 0.233. The average Bonchev–Trinajstić information content (AvgIpc) is 3.39. The highest BCUT2D eigenvalue weighted by Crippen LogP contribution is 2.39. The molecule has 4 aromatic rings. The van der Waals surface area contributed by atoms with Crippen molar-refractivity contribution in [3.8, 4) is 11.5 Å². The number of methoxy groups -OCH3 is 1. The van der Waals surface area contributed by atoms with Crippen molar-refractivity contribution in [1.29, 1.82) is 0 Å². The number of benzene rings is 3. The number of nitrogens with one attached hydrogen (secondary N) is 1. The van der Waals surface area contributed by atoms with Gasteiger partial charge in [-0.2, -0.15) is 13.2 Å². The number of rotatable bonds is 8. The van der Waals surface area contributed by atoms with Gasteiger partial charge in [0, 0.05) is 23.7 Å². The zero-order valence-corrected chi connectivity index (χ0v) is 24.0. The second-order valence-corrected chi connectivity index (χ2v) is 12.1. The lowest BCUT2D eigenvalue weighted by Gasteiger charge is -2.48. The number of aromatic nitrogens is 1. The number of thiazole rings is 1. The summed E-state index contributed by atoms with van der Waals surface area (Å²) in [5.74, 6) is 0.901. The highest BCUT2D eigenvalue weighted by Gasteiger charge is 2.39. The fraction of sp³-hybridized carbons (Fsp3) is 0.375. The molecule has 6 rings (SSSR count). The molecule has 2 aliphatic rings. The van der Waals surface area contributed by atoms with Crippen molar-refractivity contribution >= 4 is 27.5 Å². The van der Waals surface area contributed by atoms with Crippen LogP contribution in [0.1, 0.15) is 58.6 Å². The third kappa shape index (κ3) is 6.10. The summed E-state index contributed by atoms with van der Waals surface area (Å²) in [4.78, 5) is 20.1. The van der Waals surface area contributed by atoms with E-state index in [0.717, 1.165) is 43.7 Å². The summed E-state index contributed by atoms with van der Waals surface area (Å²) in [6.45, 7) is 0.916. The van der Waals surface area contributed by atoms with Crippen molar-refractivity contribution in [2.24, 2.45) is 0 Å². The molecule has 0 aliphatic carbocycles. The van der Waals surface area contributed by atoms with Gasteiger partial charge >= 0.3 is 6.18 Å². The van der Waals surface area contributed by atoms with Crippen molar-refractivity contribution in [2.75, 3.05) is 7.11 Å². The number of amides is 1. The molecule has 2 fully saturated rings. The Morgan fingerprint density at radius 1 is 1.02 bits per heavy atom. The Labute approximate surface area is 246 Å². The second kappa shape index (κ2) is 11.9. The van der Waals surface area contributed by atoms with Crippen molar-refractivity contribution in [3.05, 3.63) is 88.4 Å². The molecule has 2 saturated heterocycles. The van der Waals surface area contributed by atoms with Crippen LogP contribution in [0.2, 0.25) is 0 Å². The normalized spacial score (nSPS) is 20.8. The lowest BCUT2D eigenvalue weighted by molar-refractivity contribution is -0.136. The molecule has 6 nitrogen and oxygen atoms in total. The van der Waals surface area contributed by atoms with Gasteiger partial charge in [0.1, 0.15) is 11.6 Å². The van der Waals surface area contributed by atoms with E-state index in [2.05, 4.69) is 15.2 Å². The summed E-state index contributed by atoms with van der Waals surface area (Å²) in [5, 5.41) is 3.92. The molecule has 1 aromatic heterocycles. The first-order valence-corrected chi connectivity index (χ1v) is 15.0. The number of halogens is 3. The standard InChI is InChI=1S/C32H32F3N3O3S/c1-40-27-15-21(13-14-26(27)41-19-20-7-3-2-4-8-20)31(39)36-22-16-23-9-5-10-24(17-22)38(23)18-29-37-30-25(32(33,34)35)11-6-12-28(30)42-29/h2-4,6-8,11-15,22-24H,5,9-10,16-19H2,1H3,(H,36,39). The number of carbonyl (C=O) groups is 1. The SMILES string of the molecule is COc1cc(C(=O)NC2CC3CCCC(C2)N3Cc2nc3c(C(F)(F)F)cccc3s2)ccc1OCc1ccccc1.